The van der Waals surface area contributed by atoms with Crippen LogP contribution < -0.4 is 26.6 Å². The quantitative estimate of drug-likeness (QED) is 0.273. The van der Waals surface area contributed by atoms with E-state index in [0.29, 0.717) is 25.4 Å². The van der Waals surface area contributed by atoms with Gasteiger partial charge >= 0.3 is 0 Å². The molecule has 9 heteroatoms. The molecule has 0 bridgehead atoms. The highest BCUT2D eigenvalue weighted by atomic mass is 16.5. The molecule has 0 aliphatic carbocycles. The molecule has 3 rings (SSSR count). The number of β-amino-alcohol motifs (C(OH)–C–C–N with tert-alkyl or cyclic N) is 1. The van der Waals surface area contributed by atoms with Crippen molar-refractivity contribution in [2.75, 3.05) is 46.9 Å². The van der Waals surface area contributed by atoms with E-state index in [1.54, 1.807) is 7.11 Å². The van der Waals surface area contributed by atoms with E-state index >= 15 is 0 Å². The highest BCUT2D eigenvalue weighted by Gasteiger charge is 2.34. The summed E-state index contributed by atoms with van der Waals surface area (Å²) in [6, 6.07) is 0.690. The Hall–Kier alpha value is -0.360. The van der Waals surface area contributed by atoms with Gasteiger partial charge < -0.3 is 24.8 Å². The van der Waals surface area contributed by atoms with E-state index in [9.17, 15) is 5.11 Å². The lowest BCUT2D eigenvalue weighted by Gasteiger charge is -2.42. The highest BCUT2D eigenvalue weighted by Crippen LogP contribution is 2.16. The van der Waals surface area contributed by atoms with E-state index in [2.05, 4.69) is 38.4 Å². The minimum absolute atomic E-state index is 0.0507. The molecule has 3 fully saturated rings. The first-order valence-electron chi connectivity index (χ1n) is 10.3. The molecule has 0 aromatic carbocycles. The fraction of sp³-hybridized carbons (Fsp3) is 1.00. The molecular weight excluding hydrogens is 348 g/mol. The normalized spacial score (nSPS) is 39.1. The third-order valence-electron chi connectivity index (χ3n) is 5.75. The van der Waals surface area contributed by atoms with E-state index < -0.39 is 6.10 Å². The number of ether oxygens (including phenoxy) is 2. The average Bonchev–Trinajstić information content (AvgIpc) is 2.62. The smallest absolute Gasteiger partial charge is 0.134 e. The van der Waals surface area contributed by atoms with Crippen molar-refractivity contribution in [3.8, 4) is 0 Å². The Balaban J connectivity index is 1.45. The Morgan fingerprint density at radius 2 is 2.07 bits per heavy atom. The Morgan fingerprint density at radius 3 is 2.74 bits per heavy atom. The number of nitrogens with one attached hydrogen (secondary N) is 5. The SMILES string of the molecule is CNC1CC(C)NC(NC2CNC(OC)C(OC[C@H](O)CN3CCC3)C2)N1. The lowest BCUT2D eigenvalue weighted by Crippen LogP contribution is -2.69. The van der Waals surface area contributed by atoms with Crippen molar-refractivity contribution in [2.24, 2.45) is 0 Å². The molecule has 6 unspecified atom stereocenters. The monoisotopic (exact) mass is 386 g/mol. The van der Waals surface area contributed by atoms with Gasteiger partial charge in [-0.2, -0.15) is 0 Å². The number of nitrogens with zero attached hydrogens (tertiary/aromatic N) is 1. The molecule has 3 aliphatic heterocycles. The second-order valence-corrected chi connectivity index (χ2v) is 8.09. The number of piperidine rings is 1. The lowest BCUT2D eigenvalue weighted by molar-refractivity contribution is -0.114. The van der Waals surface area contributed by atoms with Crippen molar-refractivity contribution >= 4 is 0 Å². The first kappa shape index (κ1) is 21.4. The molecule has 27 heavy (non-hydrogen) atoms. The number of hydrogen-bond acceptors (Lipinski definition) is 9. The fourth-order valence-electron chi connectivity index (χ4n) is 4.10. The fourth-order valence-corrected chi connectivity index (χ4v) is 4.10. The summed E-state index contributed by atoms with van der Waals surface area (Å²) in [7, 11) is 3.68. The van der Waals surface area contributed by atoms with Crippen molar-refractivity contribution in [3.05, 3.63) is 0 Å². The van der Waals surface area contributed by atoms with Crippen LogP contribution in [0.15, 0.2) is 0 Å². The first-order chi connectivity index (χ1) is 13.1. The Bertz CT molecular complexity index is 441. The molecule has 0 radical (unpaired) electrons. The van der Waals surface area contributed by atoms with Gasteiger partial charge in [0.1, 0.15) is 12.5 Å². The Kier molecular flexibility index (Phi) is 8.24. The molecule has 3 aliphatic rings. The molecule has 9 nitrogen and oxygen atoms in total. The van der Waals surface area contributed by atoms with Gasteiger partial charge in [-0.1, -0.05) is 0 Å². The van der Waals surface area contributed by atoms with E-state index in [1.165, 1.54) is 6.42 Å². The summed E-state index contributed by atoms with van der Waals surface area (Å²) >= 11 is 0. The van der Waals surface area contributed by atoms with Crippen LogP contribution in [0.4, 0.5) is 0 Å². The van der Waals surface area contributed by atoms with Gasteiger partial charge in [0.2, 0.25) is 0 Å². The summed E-state index contributed by atoms with van der Waals surface area (Å²) in [4.78, 5) is 2.26. The summed E-state index contributed by atoms with van der Waals surface area (Å²) in [6.45, 7) is 6.22. The van der Waals surface area contributed by atoms with Gasteiger partial charge in [0.25, 0.3) is 0 Å². The van der Waals surface area contributed by atoms with Gasteiger partial charge in [0.15, 0.2) is 0 Å². The van der Waals surface area contributed by atoms with Gasteiger partial charge in [0, 0.05) is 32.3 Å². The van der Waals surface area contributed by atoms with Crippen molar-refractivity contribution in [1.29, 1.82) is 0 Å². The maximum absolute atomic E-state index is 10.2. The zero-order valence-electron chi connectivity index (χ0n) is 16.9. The van der Waals surface area contributed by atoms with Crippen LogP contribution >= 0.6 is 0 Å². The second-order valence-electron chi connectivity index (χ2n) is 8.09. The molecule has 158 valence electrons. The number of methoxy groups -OCH3 is 1. The van der Waals surface area contributed by atoms with Crippen LogP contribution in [0.5, 0.6) is 0 Å². The summed E-state index contributed by atoms with van der Waals surface area (Å²) < 4.78 is 11.6. The number of likely N-dealkylation sites (tertiary alicyclic amines) is 1. The standard InChI is InChI=1S/C18H38N6O3/c1-12-7-16(19-2)23-18(21-12)22-13-8-15(17(26-3)20-9-13)27-11-14(25)10-24-5-4-6-24/h12-23,25H,4-11H2,1-3H3/t12?,13?,14-,15?,16?,17?,18?/m1/s1. The Labute approximate surface area is 162 Å². The van der Waals surface area contributed by atoms with Crippen LogP contribution in [0.1, 0.15) is 26.2 Å². The minimum atomic E-state index is -0.449. The van der Waals surface area contributed by atoms with Crippen molar-refractivity contribution in [1.82, 2.24) is 31.5 Å². The molecular formula is C18H38N6O3. The van der Waals surface area contributed by atoms with Crippen LogP contribution in [0.3, 0.4) is 0 Å². The van der Waals surface area contributed by atoms with Gasteiger partial charge in [-0.05, 0) is 46.3 Å². The maximum atomic E-state index is 10.2. The van der Waals surface area contributed by atoms with Gasteiger partial charge in [-0.15, -0.1) is 0 Å². The minimum Gasteiger partial charge on any atom is -0.389 e. The molecule has 0 amide bonds. The van der Waals surface area contributed by atoms with E-state index in [1.807, 2.05) is 7.05 Å². The second kappa shape index (κ2) is 10.4. The maximum Gasteiger partial charge on any atom is 0.134 e. The zero-order valence-corrected chi connectivity index (χ0v) is 16.9. The van der Waals surface area contributed by atoms with Gasteiger partial charge in [-0.25, -0.2) is 0 Å². The number of aliphatic hydroxyl groups is 1. The number of hydrogen-bond donors (Lipinski definition) is 6. The summed E-state index contributed by atoms with van der Waals surface area (Å²) in [5.74, 6) is 0. The van der Waals surface area contributed by atoms with Crippen molar-refractivity contribution in [2.45, 2.75) is 69.2 Å². The van der Waals surface area contributed by atoms with E-state index in [-0.39, 0.29) is 24.7 Å². The zero-order chi connectivity index (χ0) is 19.2. The predicted molar refractivity (Wildman–Crippen MR) is 104 cm³/mol. The average molecular weight is 387 g/mol. The van der Waals surface area contributed by atoms with E-state index in [0.717, 1.165) is 32.5 Å². The van der Waals surface area contributed by atoms with Gasteiger partial charge in [-0.3, -0.25) is 21.3 Å². The lowest BCUT2D eigenvalue weighted by atomic mass is 10.0. The predicted octanol–water partition coefficient (Wildman–Crippen LogP) is -1.84. The van der Waals surface area contributed by atoms with Crippen LogP contribution in [-0.2, 0) is 9.47 Å². The first-order valence-corrected chi connectivity index (χ1v) is 10.3. The molecule has 3 saturated heterocycles. The van der Waals surface area contributed by atoms with Crippen LogP contribution in [0, 0.1) is 0 Å². The molecule has 0 aromatic heterocycles. The third-order valence-corrected chi connectivity index (χ3v) is 5.75. The highest BCUT2D eigenvalue weighted by molar-refractivity contribution is 4.89. The molecule has 0 saturated carbocycles. The molecule has 0 spiro atoms. The molecule has 0 aromatic rings. The molecule has 6 N–H and O–H groups in total. The number of rotatable bonds is 9. The topological polar surface area (TPSA) is 102 Å². The molecule has 7 atom stereocenters. The third kappa shape index (κ3) is 6.31. The Morgan fingerprint density at radius 1 is 1.26 bits per heavy atom. The van der Waals surface area contributed by atoms with E-state index in [4.69, 9.17) is 9.47 Å². The van der Waals surface area contributed by atoms with Crippen molar-refractivity contribution < 1.29 is 14.6 Å². The van der Waals surface area contributed by atoms with Crippen LogP contribution in [0.2, 0.25) is 0 Å². The largest absolute Gasteiger partial charge is 0.389 e. The van der Waals surface area contributed by atoms with Crippen LogP contribution in [0.25, 0.3) is 0 Å². The molecule has 3 heterocycles. The summed E-state index contributed by atoms with van der Waals surface area (Å²) in [6.07, 6.45) is 2.78. The van der Waals surface area contributed by atoms with Crippen molar-refractivity contribution in [3.63, 3.8) is 0 Å². The van der Waals surface area contributed by atoms with Gasteiger partial charge in [0.05, 0.1) is 25.0 Å². The summed E-state index contributed by atoms with van der Waals surface area (Å²) in [5.41, 5.74) is 0. The van der Waals surface area contributed by atoms with Crippen LogP contribution in [-0.4, -0.2) is 99.9 Å². The summed E-state index contributed by atoms with van der Waals surface area (Å²) in [5, 5.41) is 27.6. The number of aliphatic hydroxyl groups excluding tert-OH is 1.